The maximum Gasteiger partial charge on any atom is 0.190 e. The number of anilines is 1. The fourth-order valence-electron chi connectivity index (χ4n) is 2.90. The molecule has 26 heavy (non-hydrogen) atoms. The highest BCUT2D eigenvalue weighted by molar-refractivity contribution is 9.10. The Hall–Kier alpha value is -1.77. The van der Waals surface area contributed by atoms with E-state index in [4.69, 9.17) is 4.74 Å². The van der Waals surface area contributed by atoms with E-state index in [0.29, 0.717) is 11.0 Å². The Bertz CT molecular complexity index is 705. The van der Waals surface area contributed by atoms with E-state index in [-0.39, 0.29) is 6.61 Å². The number of aromatic nitrogens is 1. The number of nitrogens with zero attached hydrogens (tertiary/aromatic N) is 3. The fourth-order valence-corrected chi connectivity index (χ4v) is 3.30. The lowest BCUT2D eigenvalue weighted by Crippen LogP contribution is -2.49. The minimum absolute atomic E-state index is 0.171. The summed E-state index contributed by atoms with van der Waals surface area (Å²) in [7, 11) is 0. The molecule has 1 N–H and O–H groups in total. The molecular formula is C18H20BrF2N3O2. The number of piperazine rings is 1. The Kier molecular flexibility index (Phi) is 6.39. The third kappa shape index (κ3) is 4.90. The smallest absolute Gasteiger partial charge is 0.190 e. The zero-order valence-corrected chi connectivity index (χ0v) is 15.7. The molecule has 1 saturated heterocycles. The highest BCUT2D eigenvalue weighted by atomic mass is 79.9. The van der Waals surface area contributed by atoms with Gasteiger partial charge in [0.25, 0.3) is 0 Å². The van der Waals surface area contributed by atoms with Gasteiger partial charge in [0.15, 0.2) is 17.4 Å². The number of ether oxygens (including phenoxy) is 1. The number of benzene rings is 1. The second-order valence-electron chi connectivity index (χ2n) is 6.14. The Morgan fingerprint density at radius 1 is 1.15 bits per heavy atom. The van der Waals surface area contributed by atoms with E-state index in [1.54, 1.807) is 6.20 Å². The zero-order chi connectivity index (χ0) is 18.5. The summed E-state index contributed by atoms with van der Waals surface area (Å²) < 4.78 is 32.9. The molecule has 0 bridgehead atoms. The van der Waals surface area contributed by atoms with Crippen LogP contribution in [0.3, 0.4) is 0 Å². The Morgan fingerprint density at radius 3 is 2.46 bits per heavy atom. The third-order valence-electron chi connectivity index (χ3n) is 4.20. The molecule has 0 amide bonds. The lowest BCUT2D eigenvalue weighted by molar-refractivity contribution is 0.0634. The maximum atomic E-state index is 13.7. The van der Waals surface area contributed by atoms with E-state index in [2.05, 4.69) is 30.7 Å². The normalized spacial score (nSPS) is 16.5. The van der Waals surface area contributed by atoms with Crippen molar-refractivity contribution < 1.29 is 18.6 Å². The van der Waals surface area contributed by atoms with Gasteiger partial charge in [-0.2, -0.15) is 0 Å². The van der Waals surface area contributed by atoms with Crippen LogP contribution in [0.5, 0.6) is 5.75 Å². The summed E-state index contributed by atoms with van der Waals surface area (Å²) >= 11 is 3.01. The van der Waals surface area contributed by atoms with Crippen LogP contribution in [0.2, 0.25) is 0 Å². The molecule has 0 unspecified atom stereocenters. The average molecular weight is 428 g/mol. The van der Waals surface area contributed by atoms with Gasteiger partial charge in [-0.05, 0) is 24.3 Å². The number of aliphatic hydroxyl groups excluding tert-OH is 1. The summed E-state index contributed by atoms with van der Waals surface area (Å²) in [6, 6.07) is 8.06. The van der Waals surface area contributed by atoms with Crippen molar-refractivity contribution in [1.82, 2.24) is 9.88 Å². The average Bonchev–Trinajstić information content (AvgIpc) is 2.62. The van der Waals surface area contributed by atoms with Gasteiger partial charge in [-0.15, -0.1) is 0 Å². The minimum Gasteiger partial charge on any atom is -0.485 e. The van der Waals surface area contributed by atoms with Gasteiger partial charge in [-0.25, -0.2) is 13.8 Å². The van der Waals surface area contributed by atoms with Gasteiger partial charge >= 0.3 is 0 Å². The van der Waals surface area contributed by atoms with Crippen molar-refractivity contribution in [3.8, 4) is 5.75 Å². The molecule has 0 radical (unpaired) electrons. The summed E-state index contributed by atoms with van der Waals surface area (Å²) in [4.78, 5) is 8.62. The van der Waals surface area contributed by atoms with Crippen LogP contribution in [0.1, 0.15) is 0 Å². The first-order chi connectivity index (χ1) is 12.5. The summed E-state index contributed by atoms with van der Waals surface area (Å²) in [5.41, 5.74) is 0. The van der Waals surface area contributed by atoms with Crippen LogP contribution in [0.4, 0.5) is 14.6 Å². The minimum atomic E-state index is -0.834. The van der Waals surface area contributed by atoms with Gasteiger partial charge in [0.05, 0.1) is 0 Å². The van der Waals surface area contributed by atoms with Gasteiger partial charge in [0.1, 0.15) is 18.5 Å². The number of pyridine rings is 1. The van der Waals surface area contributed by atoms with E-state index in [0.717, 1.165) is 44.1 Å². The van der Waals surface area contributed by atoms with Crippen molar-refractivity contribution in [1.29, 1.82) is 0 Å². The number of hydrogen-bond acceptors (Lipinski definition) is 5. The third-order valence-corrected chi connectivity index (χ3v) is 4.66. The molecule has 1 aromatic heterocycles. The van der Waals surface area contributed by atoms with Crippen LogP contribution in [-0.4, -0.2) is 60.4 Å². The van der Waals surface area contributed by atoms with E-state index in [9.17, 15) is 13.9 Å². The number of β-amino-alcohol motifs (C(OH)–C–C–N with tert-alkyl or cyclic N) is 1. The highest BCUT2D eigenvalue weighted by Gasteiger charge is 2.21. The molecule has 3 rings (SSSR count). The van der Waals surface area contributed by atoms with Crippen molar-refractivity contribution in [3.05, 3.63) is 52.6 Å². The molecule has 0 spiro atoms. The van der Waals surface area contributed by atoms with Crippen molar-refractivity contribution in [2.45, 2.75) is 6.10 Å². The van der Waals surface area contributed by atoms with E-state index >= 15 is 0 Å². The van der Waals surface area contributed by atoms with Gasteiger partial charge in [0, 0.05) is 43.4 Å². The summed E-state index contributed by atoms with van der Waals surface area (Å²) in [5, 5.41) is 10.1. The second kappa shape index (κ2) is 8.75. The second-order valence-corrected chi connectivity index (χ2v) is 7.05. The van der Waals surface area contributed by atoms with Crippen LogP contribution in [0, 0.1) is 11.6 Å². The van der Waals surface area contributed by atoms with Crippen molar-refractivity contribution in [2.75, 3.05) is 44.2 Å². The molecule has 1 aliphatic heterocycles. The Labute approximate surface area is 159 Å². The molecule has 1 fully saturated rings. The topological polar surface area (TPSA) is 48.8 Å². The first-order valence-electron chi connectivity index (χ1n) is 8.36. The lowest BCUT2D eigenvalue weighted by atomic mass is 10.2. The molecule has 0 saturated carbocycles. The molecule has 8 heteroatoms. The van der Waals surface area contributed by atoms with E-state index in [1.807, 2.05) is 18.2 Å². The van der Waals surface area contributed by atoms with Gasteiger partial charge < -0.3 is 14.7 Å². The largest absolute Gasteiger partial charge is 0.485 e. The number of rotatable bonds is 6. The Balaban J connectivity index is 1.45. The first-order valence-corrected chi connectivity index (χ1v) is 9.16. The summed E-state index contributed by atoms with van der Waals surface area (Å²) in [5.74, 6) is -1.12. The van der Waals surface area contributed by atoms with E-state index < -0.39 is 23.5 Å². The molecule has 140 valence electrons. The van der Waals surface area contributed by atoms with Crippen LogP contribution in [0.25, 0.3) is 0 Å². The van der Waals surface area contributed by atoms with Crippen LogP contribution >= 0.6 is 15.9 Å². The molecule has 1 aliphatic rings. The van der Waals surface area contributed by atoms with Gasteiger partial charge in [-0.1, -0.05) is 22.0 Å². The Morgan fingerprint density at radius 2 is 1.85 bits per heavy atom. The van der Waals surface area contributed by atoms with Crippen LogP contribution in [0.15, 0.2) is 41.0 Å². The summed E-state index contributed by atoms with van der Waals surface area (Å²) in [6.45, 7) is 3.37. The molecular weight excluding hydrogens is 408 g/mol. The summed E-state index contributed by atoms with van der Waals surface area (Å²) in [6.07, 6.45) is 0.933. The SMILES string of the molecule is O[C@H](COc1c(F)cc(Br)cc1F)CN1CCN(c2ccccn2)CC1. The van der Waals surface area contributed by atoms with E-state index in [1.165, 1.54) is 0 Å². The lowest BCUT2D eigenvalue weighted by Gasteiger charge is -2.36. The highest BCUT2D eigenvalue weighted by Crippen LogP contribution is 2.26. The predicted octanol–water partition coefficient (Wildman–Crippen LogP) is 2.68. The van der Waals surface area contributed by atoms with Crippen LogP contribution < -0.4 is 9.64 Å². The zero-order valence-electron chi connectivity index (χ0n) is 14.1. The van der Waals surface area contributed by atoms with Crippen molar-refractivity contribution >= 4 is 21.7 Å². The monoisotopic (exact) mass is 427 g/mol. The molecule has 1 aromatic carbocycles. The predicted molar refractivity (Wildman–Crippen MR) is 98.4 cm³/mol. The standard InChI is InChI=1S/C18H20BrF2N3O2/c19-13-9-15(20)18(16(21)10-13)26-12-14(25)11-23-5-7-24(8-6-23)17-3-1-2-4-22-17/h1-4,9-10,14,25H,5-8,11-12H2/t14-/m0/s1. The first kappa shape index (κ1) is 19.0. The van der Waals surface area contributed by atoms with Crippen LogP contribution in [-0.2, 0) is 0 Å². The van der Waals surface area contributed by atoms with Gasteiger partial charge in [-0.3, -0.25) is 4.90 Å². The molecule has 2 heterocycles. The quantitative estimate of drug-likeness (QED) is 0.767. The number of halogens is 3. The number of aliphatic hydroxyl groups is 1. The molecule has 2 aromatic rings. The molecule has 1 atom stereocenters. The molecule has 0 aliphatic carbocycles. The van der Waals surface area contributed by atoms with Gasteiger partial charge in [0.2, 0.25) is 0 Å². The maximum absolute atomic E-state index is 13.7. The number of hydrogen-bond donors (Lipinski definition) is 1. The van der Waals surface area contributed by atoms with Crippen molar-refractivity contribution in [3.63, 3.8) is 0 Å². The fraction of sp³-hybridized carbons (Fsp3) is 0.389. The van der Waals surface area contributed by atoms with Crippen molar-refractivity contribution in [2.24, 2.45) is 0 Å². The molecule has 5 nitrogen and oxygen atoms in total.